The molecule has 0 saturated heterocycles. The van der Waals surface area contributed by atoms with Crippen molar-refractivity contribution in [1.82, 2.24) is 9.88 Å². The number of fused-ring (bicyclic) bond motifs is 1. The standard InChI is InChI=1S/C23H29N3OS/c1-15-8-9-19(17(3)12-15)22(27)26(11-7-10-25(5)6)23-24-20-14-16(2)13-18(4)21(20)28-23/h8-9,12-14H,7,10-11H2,1-6H3. The number of thiazole rings is 1. The number of hydrogen-bond acceptors (Lipinski definition) is 4. The Balaban J connectivity index is 2.01. The van der Waals surface area contributed by atoms with Crippen molar-refractivity contribution in [3.8, 4) is 0 Å². The van der Waals surface area contributed by atoms with E-state index in [-0.39, 0.29) is 5.91 Å². The van der Waals surface area contributed by atoms with Crippen LogP contribution in [0.3, 0.4) is 0 Å². The number of benzene rings is 2. The molecule has 0 aliphatic rings. The van der Waals surface area contributed by atoms with Crippen LogP contribution in [0, 0.1) is 27.7 Å². The van der Waals surface area contributed by atoms with Gasteiger partial charge in [0.25, 0.3) is 5.91 Å². The maximum atomic E-state index is 13.5. The quantitative estimate of drug-likeness (QED) is 0.581. The fraction of sp³-hybridized carbons (Fsp3) is 0.391. The summed E-state index contributed by atoms with van der Waals surface area (Å²) in [4.78, 5) is 22.3. The fourth-order valence-electron chi connectivity index (χ4n) is 3.51. The van der Waals surface area contributed by atoms with Crippen LogP contribution >= 0.6 is 11.3 Å². The van der Waals surface area contributed by atoms with Crippen molar-refractivity contribution in [2.24, 2.45) is 0 Å². The number of aromatic nitrogens is 1. The number of carbonyl (C=O) groups is 1. The van der Waals surface area contributed by atoms with Gasteiger partial charge in [-0.1, -0.05) is 35.1 Å². The van der Waals surface area contributed by atoms with Gasteiger partial charge < -0.3 is 4.90 Å². The van der Waals surface area contributed by atoms with Crippen LogP contribution in [0.15, 0.2) is 30.3 Å². The lowest BCUT2D eigenvalue weighted by Crippen LogP contribution is -2.33. The summed E-state index contributed by atoms with van der Waals surface area (Å²) in [5.41, 5.74) is 6.31. The molecule has 1 aromatic heterocycles. The molecule has 28 heavy (non-hydrogen) atoms. The Morgan fingerprint density at radius 3 is 2.36 bits per heavy atom. The fourth-order valence-corrected chi connectivity index (χ4v) is 4.55. The first-order valence-corrected chi connectivity index (χ1v) is 10.5. The van der Waals surface area contributed by atoms with Gasteiger partial charge in [-0.05, 0) is 83.6 Å². The molecule has 1 amide bonds. The molecular weight excluding hydrogens is 366 g/mol. The van der Waals surface area contributed by atoms with Gasteiger partial charge in [0.2, 0.25) is 0 Å². The predicted molar refractivity (Wildman–Crippen MR) is 120 cm³/mol. The third-order valence-corrected chi connectivity index (χ3v) is 6.11. The topological polar surface area (TPSA) is 36.4 Å². The van der Waals surface area contributed by atoms with Gasteiger partial charge in [-0.3, -0.25) is 9.69 Å². The third kappa shape index (κ3) is 4.42. The summed E-state index contributed by atoms with van der Waals surface area (Å²) in [6, 6.07) is 10.3. The molecule has 3 aromatic rings. The van der Waals surface area contributed by atoms with E-state index in [1.54, 1.807) is 11.3 Å². The van der Waals surface area contributed by atoms with E-state index in [2.05, 4.69) is 58.0 Å². The summed E-state index contributed by atoms with van der Waals surface area (Å²) in [6.07, 6.45) is 0.900. The zero-order chi connectivity index (χ0) is 20.4. The summed E-state index contributed by atoms with van der Waals surface area (Å²) in [6.45, 7) is 9.83. The van der Waals surface area contributed by atoms with Crippen LogP contribution in [-0.4, -0.2) is 43.0 Å². The van der Waals surface area contributed by atoms with E-state index < -0.39 is 0 Å². The highest BCUT2D eigenvalue weighted by atomic mass is 32.1. The highest BCUT2D eigenvalue weighted by Gasteiger charge is 2.23. The first-order valence-electron chi connectivity index (χ1n) is 9.68. The lowest BCUT2D eigenvalue weighted by Gasteiger charge is -2.22. The molecular formula is C23H29N3OS. The molecule has 0 bridgehead atoms. The Bertz CT molecular complexity index is 1010. The Kier molecular flexibility index (Phi) is 6.16. The van der Waals surface area contributed by atoms with Crippen LogP contribution < -0.4 is 4.90 Å². The average Bonchev–Trinajstić information content (AvgIpc) is 3.02. The minimum Gasteiger partial charge on any atom is -0.309 e. The van der Waals surface area contributed by atoms with Gasteiger partial charge in [0.05, 0.1) is 10.2 Å². The van der Waals surface area contributed by atoms with Gasteiger partial charge in [-0.2, -0.15) is 0 Å². The highest BCUT2D eigenvalue weighted by Crippen LogP contribution is 2.33. The molecule has 0 unspecified atom stereocenters. The number of rotatable bonds is 6. The van der Waals surface area contributed by atoms with Crippen LogP contribution in [0.25, 0.3) is 10.2 Å². The Morgan fingerprint density at radius 2 is 1.68 bits per heavy atom. The molecule has 0 fully saturated rings. The Labute approximate surface area is 171 Å². The van der Waals surface area contributed by atoms with Crippen molar-refractivity contribution in [3.05, 3.63) is 58.1 Å². The van der Waals surface area contributed by atoms with E-state index >= 15 is 0 Å². The van der Waals surface area contributed by atoms with E-state index in [0.717, 1.165) is 39.4 Å². The molecule has 2 aromatic carbocycles. The molecule has 5 heteroatoms. The highest BCUT2D eigenvalue weighted by molar-refractivity contribution is 7.22. The maximum absolute atomic E-state index is 13.5. The van der Waals surface area contributed by atoms with Crippen LogP contribution in [-0.2, 0) is 0 Å². The van der Waals surface area contributed by atoms with Crippen LogP contribution in [0.2, 0.25) is 0 Å². The third-order valence-electron chi connectivity index (χ3n) is 4.88. The van der Waals surface area contributed by atoms with E-state index in [1.165, 1.54) is 16.7 Å². The van der Waals surface area contributed by atoms with Crippen molar-refractivity contribution in [1.29, 1.82) is 0 Å². The number of amides is 1. The van der Waals surface area contributed by atoms with Gasteiger partial charge in [-0.15, -0.1) is 0 Å². The van der Waals surface area contributed by atoms with Gasteiger partial charge >= 0.3 is 0 Å². The van der Waals surface area contributed by atoms with Crippen molar-refractivity contribution in [2.75, 3.05) is 32.1 Å². The normalized spacial score (nSPS) is 11.4. The Hall–Kier alpha value is -2.24. The summed E-state index contributed by atoms with van der Waals surface area (Å²) in [5.74, 6) is 0.0321. The van der Waals surface area contributed by atoms with Crippen LogP contribution in [0.1, 0.15) is 39.0 Å². The van der Waals surface area contributed by atoms with E-state index in [1.807, 2.05) is 24.0 Å². The SMILES string of the molecule is Cc1ccc(C(=O)N(CCCN(C)C)c2nc3cc(C)cc(C)c3s2)c(C)c1. The zero-order valence-electron chi connectivity index (χ0n) is 17.7. The predicted octanol–water partition coefficient (Wildman–Crippen LogP) is 5.13. The summed E-state index contributed by atoms with van der Waals surface area (Å²) < 4.78 is 1.16. The first kappa shape index (κ1) is 20.5. The van der Waals surface area contributed by atoms with E-state index in [4.69, 9.17) is 4.98 Å². The van der Waals surface area contributed by atoms with Gasteiger partial charge in [0.1, 0.15) is 0 Å². The molecule has 4 nitrogen and oxygen atoms in total. The lowest BCUT2D eigenvalue weighted by molar-refractivity contribution is 0.0985. The number of nitrogens with zero attached hydrogens (tertiary/aromatic N) is 3. The molecule has 0 spiro atoms. The largest absolute Gasteiger partial charge is 0.309 e. The molecule has 1 heterocycles. The zero-order valence-corrected chi connectivity index (χ0v) is 18.5. The maximum Gasteiger partial charge on any atom is 0.260 e. The van der Waals surface area contributed by atoms with Crippen molar-refractivity contribution in [3.63, 3.8) is 0 Å². The average molecular weight is 396 g/mol. The smallest absolute Gasteiger partial charge is 0.260 e. The summed E-state index contributed by atoms with van der Waals surface area (Å²) >= 11 is 1.61. The molecule has 0 saturated carbocycles. The molecule has 3 rings (SSSR count). The van der Waals surface area contributed by atoms with Gasteiger partial charge in [0.15, 0.2) is 5.13 Å². The molecule has 0 aliphatic heterocycles. The van der Waals surface area contributed by atoms with Gasteiger partial charge in [-0.25, -0.2) is 4.98 Å². The second-order valence-corrected chi connectivity index (χ2v) is 8.84. The Morgan fingerprint density at radius 1 is 0.964 bits per heavy atom. The number of anilines is 1. The molecule has 0 atom stereocenters. The van der Waals surface area contributed by atoms with Gasteiger partial charge in [0, 0.05) is 12.1 Å². The molecule has 0 radical (unpaired) electrons. The number of carbonyl (C=O) groups excluding carboxylic acids is 1. The molecule has 0 aliphatic carbocycles. The van der Waals surface area contributed by atoms with Crippen LogP contribution in [0.5, 0.6) is 0 Å². The molecule has 148 valence electrons. The van der Waals surface area contributed by atoms with Crippen LogP contribution in [0.4, 0.5) is 5.13 Å². The van der Waals surface area contributed by atoms with E-state index in [9.17, 15) is 4.79 Å². The second-order valence-electron chi connectivity index (χ2n) is 7.86. The minimum atomic E-state index is 0.0321. The summed E-state index contributed by atoms with van der Waals surface area (Å²) in [5, 5.41) is 0.785. The van der Waals surface area contributed by atoms with Crippen molar-refractivity contribution in [2.45, 2.75) is 34.1 Å². The molecule has 0 N–H and O–H groups in total. The lowest BCUT2D eigenvalue weighted by atomic mass is 10.0. The minimum absolute atomic E-state index is 0.0321. The number of hydrogen-bond donors (Lipinski definition) is 0. The van der Waals surface area contributed by atoms with Crippen molar-refractivity contribution < 1.29 is 4.79 Å². The monoisotopic (exact) mass is 395 g/mol. The second kappa shape index (κ2) is 8.41. The first-order chi connectivity index (χ1) is 13.3. The summed E-state index contributed by atoms with van der Waals surface area (Å²) in [7, 11) is 4.11. The van der Waals surface area contributed by atoms with Crippen molar-refractivity contribution >= 4 is 32.6 Å². The number of aryl methyl sites for hydroxylation is 4. The van der Waals surface area contributed by atoms with E-state index in [0.29, 0.717) is 6.54 Å².